The molecular formula is C17H25N3O. The zero-order chi connectivity index (χ0) is 14.5. The number of rotatable bonds is 4. The molecule has 4 heteroatoms. The molecule has 2 saturated heterocycles. The van der Waals surface area contributed by atoms with Crippen LogP contribution < -0.4 is 10.6 Å². The lowest BCUT2D eigenvalue weighted by atomic mass is 10.1. The van der Waals surface area contributed by atoms with Gasteiger partial charge in [0, 0.05) is 37.8 Å². The van der Waals surface area contributed by atoms with Gasteiger partial charge in [0.25, 0.3) is 5.91 Å². The molecule has 2 heterocycles. The Bertz CT molecular complexity index is 459. The minimum atomic E-state index is 0.184. The van der Waals surface area contributed by atoms with Gasteiger partial charge >= 0.3 is 0 Å². The van der Waals surface area contributed by atoms with E-state index in [1.807, 2.05) is 17.0 Å². The van der Waals surface area contributed by atoms with Gasteiger partial charge in [-0.3, -0.25) is 4.79 Å². The second kappa shape index (κ2) is 7.05. The molecule has 0 bridgehead atoms. The van der Waals surface area contributed by atoms with Crippen molar-refractivity contribution in [1.82, 2.24) is 15.5 Å². The molecular weight excluding hydrogens is 262 g/mol. The van der Waals surface area contributed by atoms with Gasteiger partial charge in [0.1, 0.15) is 0 Å². The van der Waals surface area contributed by atoms with Crippen LogP contribution in [0.1, 0.15) is 41.6 Å². The fourth-order valence-electron chi connectivity index (χ4n) is 3.16. The average Bonchev–Trinajstić information content (AvgIpc) is 3.08. The Morgan fingerprint density at radius 2 is 1.95 bits per heavy atom. The maximum atomic E-state index is 12.3. The molecule has 2 aliphatic rings. The van der Waals surface area contributed by atoms with Crippen molar-refractivity contribution in [3.05, 3.63) is 35.4 Å². The Morgan fingerprint density at radius 1 is 1.19 bits per heavy atom. The Hall–Kier alpha value is -1.39. The van der Waals surface area contributed by atoms with Gasteiger partial charge in [0.05, 0.1) is 0 Å². The van der Waals surface area contributed by atoms with Crippen molar-refractivity contribution in [2.45, 2.75) is 38.3 Å². The maximum absolute atomic E-state index is 12.3. The lowest BCUT2D eigenvalue weighted by Crippen LogP contribution is -2.42. The van der Waals surface area contributed by atoms with Crippen LogP contribution in [0.15, 0.2) is 24.3 Å². The summed E-state index contributed by atoms with van der Waals surface area (Å²) in [4.78, 5) is 14.2. The number of nitrogens with zero attached hydrogens (tertiary/aromatic N) is 1. The molecule has 0 spiro atoms. The summed E-state index contributed by atoms with van der Waals surface area (Å²) in [5.41, 5.74) is 2.07. The number of hydrogen-bond acceptors (Lipinski definition) is 3. The Kier molecular flexibility index (Phi) is 4.88. The summed E-state index contributed by atoms with van der Waals surface area (Å²) in [5, 5.41) is 7.00. The van der Waals surface area contributed by atoms with Gasteiger partial charge in [-0.15, -0.1) is 0 Å². The largest absolute Gasteiger partial charge is 0.339 e. The van der Waals surface area contributed by atoms with Crippen LogP contribution in [-0.4, -0.2) is 43.0 Å². The van der Waals surface area contributed by atoms with Crippen molar-refractivity contribution < 1.29 is 4.79 Å². The van der Waals surface area contributed by atoms with Gasteiger partial charge in [-0.05, 0) is 49.9 Å². The summed E-state index contributed by atoms with van der Waals surface area (Å²) in [6.45, 7) is 4.91. The smallest absolute Gasteiger partial charge is 0.253 e. The number of benzene rings is 1. The van der Waals surface area contributed by atoms with E-state index in [-0.39, 0.29) is 5.91 Å². The van der Waals surface area contributed by atoms with Gasteiger partial charge < -0.3 is 15.5 Å². The summed E-state index contributed by atoms with van der Waals surface area (Å²) in [7, 11) is 0. The van der Waals surface area contributed by atoms with Crippen LogP contribution in [0, 0.1) is 0 Å². The molecule has 1 atom stereocenters. The van der Waals surface area contributed by atoms with Gasteiger partial charge in [0.2, 0.25) is 0 Å². The summed E-state index contributed by atoms with van der Waals surface area (Å²) in [5.74, 6) is 0.184. The average molecular weight is 287 g/mol. The topological polar surface area (TPSA) is 44.4 Å². The molecule has 1 amide bonds. The summed E-state index contributed by atoms with van der Waals surface area (Å²) in [6, 6.07) is 8.66. The minimum Gasteiger partial charge on any atom is -0.339 e. The van der Waals surface area contributed by atoms with Crippen molar-refractivity contribution in [3.8, 4) is 0 Å². The highest BCUT2D eigenvalue weighted by atomic mass is 16.2. The second-order valence-electron chi connectivity index (χ2n) is 6.12. The van der Waals surface area contributed by atoms with E-state index in [9.17, 15) is 4.79 Å². The number of amides is 1. The van der Waals surface area contributed by atoms with E-state index in [4.69, 9.17) is 0 Å². The molecule has 2 N–H and O–H groups in total. The van der Waals surface area contributed by atoms with Crippen molar-refractivity contribution in [2.75, 3.05) is 26.2 Å². The molecule has 0 aromatic heterocycles. The highest BCUT2D eigenvalue weighted by Gasteiger charge is 2.19. The van der Waals surface area contributed by atoms with Gasteiger partial charge in [-0.25, -0.2) is 0 Å². The normalized spacial score (nSPS) is 22.5. The highest BCUT2D eigenvalue weighted by molar-refractivity contribution is 5.94. The number of carbonyl (C=O) groups excluding carboxylic acids is 1. The molecule has 21 heavy (non-hydrogen) atoms. The fraction of sp³-hybridized carbons (Fsp3) is 0.588. The van der Waals surface area contributed by atoms with E-state index in [0.29, 0.717) is 6.04 Å². The highest BCUT2D eigenvalue weighted by Crippen LogP contribution is 2.14. The van der Waals surface area contributed by atoms with Crippen molar-refractivity contribution in [3.63, 3.8) is 0 Å². The molecule has 1 unspecified atom stereocenters. The monoisotopic (exact) mass is 287 g/mol. The SMILES string of the molecule is O=C(c1ccc(CNC2CCCNC2)cc1)N1CCCC1. The van der Waals surface area contributed by atoms with Crippen LogP contribution in [0.5, 0.6) is 0 Å². The molecule has 114 valence electrons. The number of hydrogen-bond donors (Lipinski definition) is 2. The van der Waals surface area contributed by atoms with E-state index < -0.39 is 0 Å². The van der Waals surface area contributed by atoms with Crippen LogP contribution >= 0.6 is 0 Å². The third kappa shape index (κ3) is 3.83. The van der Waals surface area contributed by atoms with Crippen LogP contribution in [0.3, 0.4) is 0 Å². The molecule has 2 aliphatic heterocycles. The number of carbonyl (C=O) groups is 1. The number of nitrogens with one attached hydrogen (secondary N) is 2. The Balaban J connectivity index is 1.52. The summed E-state index contributed by atoms with van der Waals surface area (Å²) in [6.07, 6.45) is 4.78. The van der Waals surface area contributed by atoms with Gasteiger partial charge in [0.15, 0.2) is 0 Å². The zero-order valence-corrected chi connectivity index (χ0v) is 12.6. The zero-order valence-electron chi connectivity index (χ0n) is 12.6. The maximum Gasteiger partial charge on any atom is 0.253 e. The van der Waals surface area contributed by atoms with Crippen LogP contribution in [-0.2, 0) is 6.54 Å². The summed E-state index contributed by atoms with van der Waals surface area (Å²) < 4.78 is 0. The first kappa shape index (κ1) is 14.5. The molecule has 1 aromatic rings. The first-order valence-corrected chi connectivity index (χ1v) is 8.15. The van der Waals surface area contributed by atoms with Crippen LogP contribution in [0.4, 0.5) is 0 Å². The quantitative estimate of drug-likeness (QED) is 0.887. The predicted octanol–water partition coefficient (Wildman–Crippen LogP) is 1.76. The molecule has 0 radical (unpaired) electrons. The molecule has 3 rings (SSSR count). The Morgan fingerprint density at radius 3 is 2.62 bits per heavy atom. The van der Waals surface area contributed by atoms with E-state index in [1.54, 1.807) is 0 Å². The molecule has 4 nitrogen and oxygen atoms in total. The third-order valence-corrected chi connectivity index (χ3v) is 4.49. The van der Waals surface area contributed by atoms with Crippen molar-refractivity contribution in [2.24, 2.45) is 0 Å². The van der Waals surface area contributed by atoms with Crippen LogP contribution in [0.2, 0.25) is 0 Å². The van der Waals surface area contributed by atoms with Crippen LogP contribution in [0.25, 0.3) is 0 Å². The van der Waals surface area contributed by atoms with E-state index >= 15 is 0 Å². The molecule has 1 aromatic carbocycles. The lowest BCUT2D eigenvalue weighted by Gasteiger charge is -2.24. The predicted molar refractivity (Wildman–Crippen MR) is 84.3 cm³/mol. The molecule has 0 aliphatic carbocycles. The van der Waals surface area contributed by atoms with E-state index in [2.05, 4.69) is 22.8 Å². The number of likely N-dealkylation sites (tertiary alicyclic amines) is 1. The van der Waals surface area contributed by atoms with Crippen molar-refractivity contribution >= 4 is 5.91 Å². The first-order chi connectivity index (χ1) is 10.3. The minimum absolute atomic E-state index is 0.184. The molecule has 2 fully saturated rings. The van der Waals surface area contributed by atoms with E-state index in [1.165, 1.54) is 18.4 Å². The second-order valence-corrected chi connectivity index (χ2v) is 6.12. The Labute approximate surface area is 126 Å². The first-order valence-electron chi connectivity index (χ1n) is 8.15. The summed E-state index contributed by atoms with van der Waals surface area (Å²) >= 11 is 0. The number of piperidine rings is 1. The molecule has 0 saturated carbocycles. The van der Waals surface area contributed by atoms with E-state index in [0.717, 1.165) is 51.1 Å². The van der Waals surface area contributed by atoms with Gasteiger partial charge in [-0.2, -0.15) is 0 Å². The van der Waals surface area contributed by atoms with Gasteiger partial charge in [-0.1, -0.05) is 12.1 Å². The fourth-order valence-corrected chi connectivity index (χ4v) is 3.16. The third-order valence-electron chi connectivity index (χ3n) is 4.49. The standard InChI is InChI=1S/C17H25N3O/c21-17(20-10-1-2-11-20)15-7-5-14(6-8-15)12-19-16-4-3-9-18-13-16/h5-8,16,18-19H,1-4,9-13H2. The lowest BCUT2D eigenvalue weighted by molar-refractivity contribution is 0.0793. The van der Waals surface area contributed by atoms with Crippen molar-refractivity contribution in [1.29, 1.82) is 0 Å².